The summed E-state index contributed by atoms with van der Waals surface area (Å²) in [5, 5.41) is 9.24. The zero-order valence-electron chi connectivity index (χ0n) is 17.3. The van der Waals surface area contributed by atoms with E-state index in [4.69, 9.17) is 15.0 Å². The van der Waals surface area contributed by atoms with Gasteiger partial charge in [0.25, 0.3) is 5.91 Å². The minimum Gasteiger partial charge on any atom is -0.384 e. The number of hydrogen-bond acceptors (Lipinski definition) is 6. The molecule has 7 nitrogen and oxygen atoms in total. The number of carbonyl (C=O) groups excluding carboxylic acids is 1. The molecule has 0 atom stereocenters. The van der Waals surface area contributed by atoms with Crippen LogP contribution in [-0.4, -0.2) is 32.0 Å². The first-order chi connectivity index (χ1) is 14.6. The summed E-state index contributed by atoms with van der Waals surface area (Å²) in [6, 6.07) is 5.85. The van der Waals surface area contributed by atoms with E-state index in [1.807, 2.05) is 25.1 Å². The molecular weight excluding hydrogens is 380 g/mol. The van der Waals surface area contributed by atoms with Gasteiger partial charge in [0, 0.05) is 28.8 Å². The second-order valence-corrected chi connectivity index (χ2v) is 8.32. The van der Waals surface area contributed by atoms with E-state index < -0.39 is 5.91 Å². The third-order valence-electron chi connectivity index (χ3n) is 5.72. The average molecular weight is 409 g/mol. The lowest BCUT2D eigenvalue weighted by Gasteiger charge is -2.29. The Kier molecular flexibility index (Phi) is 6.16. The lowest BCUT2D eigenvalue weighted by molar-refractivity contribution is -0.203. The predicted octanol–water partition coefficient (Wildman–Crippen LogP) is 3.56. The number of ether oxygens (including phenoxy) is 2. The van der Waals surface area contributed by atoms with E-state index in [2.05, 4.69) is 27.6 Å². The molecule has 3 fully saturated rings. The highest BCUT2D eigenvalue weighted by atomic mass is 16.7. The largest absolute Gasteiger partial charge is 0.384 e. The molecule has 0 radical (unpaired) electrons. The Morgan fingerprint density at radius 3 is 2.73 bits per heavy atom. The zero-order chi connectivity index (χ0) is 21.0. The molecule has 1 saturated heterocycles. The van der Waals surface area contributed by atoms with Crippen LogP contribution in [0.25, 0.3) is 0 Å². The fraction of sp³-hybridized carbons (Fsp3) is 0.522. The molecule has 1 aliphatic heterocycles. The Bertz CT molecular complexity index is 897. The highest BCUT2D eigenvalue weighted by molar-refractivity contribution is 6.03. The van der Waals surface area contributed by atoms with Crippen molar-refractivity contribution in [2.45, 2.75) is 45.3 Å². The van der Waals surface area contributed by atoms with E-state index in [1.165, 1.54) is 31.9 Å². The van der Waals surface area contributed by atoms with Gasteiger partial charge in [-0.25, -0.2) is 5.53 Å². The van der Waals surface area contributed by atoms with Crippen molar-refractivity contribution in [2.75, 3.05) is 25.1 Å². The quantitative estimate of drug-likeness (QED) is 0.365. The van der Waals surface area contributed by atoms with Crippen LogP contribution in [0.5, 0.6) is 0 Å². The topological polar surface area (TPSA) is 95.8 Å². The maximum absolute atomic E-state index is 12.6. The van der Waals surface area contributed by atoms with Crippen LogP contribution >= 0.6 is 0 Å². The first-order valence-corrected chi connectivity index (χ1v) is 10.6. The van der Waals surface area contributed by atoms with Gasteiger partial charge in [0.1, 0.15) is 0 Å². The van der Waals surface area contributed by atoms with Crippen molar-refractivity contribution in [2.24, 2.45) is 16.4 Å². The van der Waals surface area contributed by atoms with Crippen LogP contribution in [0, 0.1) is 28.7 Å². The zero-order valence-corrected chi connectivity index (χ0v) is 17.3. The van der Waals surface area contributed by atoms with Gasteiger partial charge >= 0.3 is 0 Å². The molecule has 2 aliphatic carbocycles. The monoisotopic (exact) mass is 408 g/mol. The third-order valence-corrected chi connectivity index (χ3v) is 5.72. The van der Waals surface area contributed by atoms with E-state index in [0.717, 1.165) is 30.8 Å². The van der Waals surface area contributed by atoms with E-state index in [9.17, 15) is 4.79 Å². The minimum atomic E-state index is -0.443. The molecule has 7 heteroatoms. The average Bonchev–Trinajstić information content (AvgIpc) is 3.69. The van der Waals surface area contributed by atoms with Gasteiger partial charge in [-0.05, 0) is 49.8 Å². The number of benzene rings is 1. The van der Waals surface area contributed by atoms with Gasteiger partial charge in [-0.1, -0.05) is 24.8 Å². The Morgan fingerprint density at radius 2 is 2.10 bits per heavy atom. The van der Waals surface area contributed by atoms with Gasteiger partial charge in [0.05, 0.1) is 19.8 Å². The van der Waals surface area contributed by atoms with Crippen LogP contribution in [-0.2, 0) is 20.7 Å². The predicted molar refractivity (Wildman–Crippen MR) is 113 cm³/mol. The lowest BCUT2D eigenvalue weighted by Crippen LogP contribution is -2.38. The maximum atomic E-state index is 12.6. The van der Waals surface area contributed by atoms with Crippen LogP contribution in [0.2, 0.25) is 0 Å². The summed E-state index contributed by atoms with van der Waals surface area (Å²) >= 11 is 0. The fourth-order valence-electron chi connectivity index (χ4n) is 3.29. The number of nitrogens with zero attached hydrogens (tertiary/aromatic N) is 1. The van der Waals surface area contributed by atoms with Gasteiger partial charge in [-0.3, -0.25) is 4.79 Å². The number of amides is 1. The van der Waals surface area contributed by atoms with Crippen LogP contribution in [0.4, 0.5) is 5.69 Å². The minimum absolute atomic E-state index is 0.0130. The summed E-state index contributed by atoms with van der Waals surface area (Å²) < 4.78 is 11.4. The first kappa shape index (κ1) is 20.6. The van der Waals surface area contributed by atoms with Crippen LogP contribution in [0.3, 0.4) is 0 Å². The molecule has 0 aromatic heterocycles. The van der Waals surface area contributed by atoms with E-state index in [-0.39, 0.29) is 17.4 Å². The molecule has 3 aliphatic rings. The van der Waals surface area contributed by atoms with Crippen molar-refractivity contribution in [1.82, 2.24) is 5.32 Å². The van der Waals surface area contributed by atoms with Crippen molar-refractivity contribution in [1.29, 1.82) is 5.53 Å². The summed E-state index contributed by atoms with van der Waals surface area (Å²) in [4.78, 5) is 12.6. The van der Waals surface area contributed by atoms with Gasteiger partial charge in [-0.15, -0.1) is 0 Å². The van der Waals surface area contributed by atoms with Crippen molar-refractivity contribution in [3.05, 3.63) is 41.2 Å². The summed E-state index contributed by atoms with van der Waals surface area (Å²) in [6.45, 7) is 3.87. The van der Waals surface area contributed by atoms with Gasteiger partial charge in [-0.2, -0.15) is 5.11 Å². The summed E-state index contributed by atoms with van der Waals surface area (Å²) in [5.41, 5.74) is 10.2. The van der Waals surface area contributed by atoms with Gasteiger partial charge in [0.2, 0.25) is 0 Å². The highest BCUT2D eigenvalue weighted by Gasteiger charge is 2.46. The Labute approximate surface area is 177 Å². The van der Waals surface area contributed by atoms with E-state index in [0.29, 0.717) is 18.2 Å². The second kappa shape index (κ2) is 8.99. The summed E-state index contributed by atoms with van der Waals surface area (Å²) in [7, 11) is 0. The van der Waals surface area contributed by atoms with Crippen molar-refractivity contribution in [3.63, 3.8) is 0 Å². The number of carbonyl (C=O) groups is 1. The number of rotatable bonds is 7. The van der Waals surface area contributed by atoms with Crippen molar-refractivity contribution >= 4 is 11.6 Å². The second-order valence-electron chi connectivity index (χ2n) is 8.32. The van der Waals surface area contributed by atoms with Gasteiger partial charge < -0.3 is 20.1 Å². The van der Waals surface area contributed by atoms with Crippen molar-refractivity contribution in [3.8, 4) is 11.8 Å². The molecule has 1 aromatic rings. The van der Waals surface area contributed by atoms with E-state index in [1.54, 1.807) is 0 Å². The lowest BCUT2D eigenvalue weighted by atomic mass is 10.1. The third kappa shape index (κ3) is 5.26. The fourth-order valence-corrected chi connectivity index (χ4v) is 3.29. The molecule has 2 saturated carbocycles. The molecule has 1 amide bonds. The van der Waals surface area contributed by atoms with E-state index >= 15 is 0 Å². The number of hydrogen-bond donors (Lipinski definition) is 3. The SMILES string of the molecule is CCc1ccc(C#CC2CC2)cc1NC(=O)/C(=C/NCC1OCC2(CC2)CO1)N=N. The van der Waals surface area contributed by atoms with Crippen LogP contribution in [0.15, 0.2) is 35.2 Å². The molecule has 1 spiro atoms. The number of aryl methyl sites for hydroxylation is 1. The number of nitrogens with one attached hydrogen (secondary N) is 3. The molecule has 30 heavy (non-hydrogen) atoms. The summed E-state index contributed by atoms with van der Waals surface area (Å²) in [5.74, 6) is 6.49. The maximum Gasteiger partial charge on any atom is 0.277 e. The highest BCUT2D eigenvalue weighted by Crippen LogP contribution is 2.48. The standard InChI is InChI=1S/C23H28N4O3/c1-2-18-8-7-17(6-5-16-3-4-16)11-19(18)26-22(28)20(27-24)12-25-13-21-29-14-23(9-10-23)15-30-21/h7-8,11-12,16,21,24-25H,2-4,9-10,13-15H2,1H3,(H,26,28)/b20-12-,27-24?. The van der Waals surface area contributed by atoms with Crippen molar-refractivity contribution < 1.29 is 14.3 Å². The summed E-state index contributed by atoms with van der Waals surface area (Å²) in [6.07, 6.45) is 6.54. The van der Waals surface area contributed by atoms with Crippen LogP contribution < -0.4 is 10.6 Å². The molecule has 1 heterocycles. The first-order valence-electron chi connectivity index (χ1n) is 10.6. The Morgan fingerprint density at radius 1 is 1.33 bits per heavy atom. The molecule has 158 valence electrons. The normalized spacial score (nSPS) is 20.2. The van der Waals surface area contributed by atoms with Crippen LogP contribution in [0.1, 0.15) is 43.7 Å². The molecule has 0 unspecified atom stereocenters. The Hall–Kier alpha value is -2.69. The number of anilines is 1. The molecule has 4 rings (SSSR count). The molecule has 0 bridgehead atoms. The molecular formula is C23H28N4O3. The van der Waals surface area contributed by atoms with Gasteiger partial charge in [0.15, 0.2) is 12.0 Å². The molecule has 3 N–H and O–H groups in total. The Balaban J connectivity index is 1.34. The molecule has 1 aromatic carbocycles. The smallest absolute Gasteiger partial charge is 0.277 e.